The Morgan fingerprint density at radius 1 is 1.10 bits per heavy atom. The van der Waals surface area contributed by atoms with Crippen LogP contribution < -0.4 is 10.5 Å². The van der Waals surface area contributed by atoms with Gasteiger partial charge in [-0.3, -0.25) is 4.72 Å². The zero-order valence-corrected chi connectivity index (χ0v) is 12.5. The second kappa shape index (κ2) is 6.24. The number of sulfonamides is 1. The normalized spacial score (nSPS) is 11.4. The summed E-state index contributed by atoms with van der Waals surface area (Å²) in [7, 11) is -3.67. The van der Waals surface area contributed by atoms with E-state index in [1.165, 1.54) is 12.1 Å². The van der Waals surface area contributed by atoms with Gasteiger partial charge in [-0.05, 0) is 35.7 Å². The smallest absolute Gasteiger partial charge is 0.237 e. The second-order valence-electron chi connectivity index (χ2n) is 4.87. The first-order valence-corrected chi connectivity index (χ1v) is 8.09. The van der Waals surface area contributed by atoms with Crippen LogP contribution in [0.5, 0.6) is 0 Å². The third-order valence-electron chi connectivity index (χ3n) is 3.00. The van der Waals surface area contributed by atoms with E-state index in [2.05, 4.69) is 4.72 Å². The van der Waals surface area contributed by atoms with Crippen LogP contribution in [0.3, 0.4) is 0 Å². The van der Waals surface area contributed by atoms with Crippen LogP contribution in [0.1, 0.15) is 16.7 Å². The maximum absolute atomic E-state index is 13.6. The van der Waals surface area contributed by atoms with Crippen molar-refractivity contribution in [2.24, 2.45) is 5.73 Å². The largest absolute Gasteiger partial charge is 0.326 e. The van der Waals surface area contributed by atoms with Gasteiger partial charge in [0, 0.05) is 6.54 Å². The van der Waals surface area contributed by atoms with Gasteiger partial charge in [0.05, 0.1) is 11.4 Å². The molecule has 0 saturated heterocycles. The highest BCUT2D eigenvalue weighted by Crippen LogP contribution is 2.18. The van der Waals surface area contributed by atoms with Crippen molar-refractivity contribution in [1.82, 2.24) is 0 Å². The first kappa shape index (κ1) is 15.5. The molecule has 2 aromatic rings. The van der Waals surface area contributed by atoms with Crippen LogP contribution in [0, 0.1) is 12.7 Å². The van der Waals surface area contributed by atoms with Crippen molar-refractivity contribution in [3.63, 3.8) is 0 Å². The van der Waals surface area contributed by atoms with Gasteiger partial charge >= 0.3 is 0 Å². The molecule has 21 heavy (non-hydrogen) atoms. The summed E-state index contributed by atoms with van der Waals surface area (Å²) in [5.41, 5.74) is 7.78. The molecule has 0 unspecified atom stereocenters. The summed E-state index contributed by atoms with van der Waals surface area (Å²) in [5.74, 6) is -0.812. The molecule has 0 atom stereocenters. The second-order valence-corrected chi connectivity index (χ2v) is 6.59. The summed E-state index contributed by atoms with van der Waals surface area (Å²) in [6.07, 6.45) is 0. The fourth-order valence-electron chi connectivity index (χ4n) is 1.91. The third kappa shape index (κ3) is 4.27. The van der Waals surface area contributed by atoms with Crippen molar-refractivity contribution < 1.29 is 12.8 Å². The van der Waals surface area contributed by atoms with Gasteiger partial charge in [0.25, 0.3) is 0 Å². The topological polar surface area (TPSA) is 72.2 Å². The minimum atomic E-state index is -3.67. The lowest BCUT2D eigenvalue weighted by atomic mass is 10.1. The maximum Gasteiger partial charge on any atom is 0.237 e. The van der Waals surface area contributed by atoms with Gasteiger partial charge in [0.15, 0.2) is 0 Å². The van der Waals surface area contributed by atoms with Crippen LogP contribution in [-0.2, 0) is 22.3 Å². The van der Waals surface area contributed by atoms with E-state index in [0.717, 1.165) is 11.1 Å². The van der Waals surface area contributed by atoms with E-state index in [4.69, 9.17) is 5.73 Å². The quantitative estimate of drug-likeness (QED) is 0.891. The van der Waals surface area contributed by atoms with E-state index in [1.807, 2.05) is 0 Å². The fraction of sp³-hybridized carbons (Fsp3) is 0.200. The number of benzene rings is 2. The lowest BCUT2D eigenvalue weighted by Gasteiger charge is -2.10. The van der Waals surface area contributed by atoms with E-state index in [1.54, 1.807) is 37.3 Å². The van der Waals surface area contributed by atoms with Crippen molar-refractivity contribution in [3.8, 4) is 0 Å². The Bertz CT molecular complexity index is 728. The minimum absolute atomic E-state index is 0.0337. The summed E-state index contributed by atoms with van der Waals surface area (Å²) >= 11 is 0. The Morgan fingerprint density at radius 2 is 1.71 bits per heavy atom. The Morgan fingerprint density at radius 3 is 2.33 bits per heavy atom. The molecule has 112 valence electrons. The van der Waals surface area contributed by atoms with Crippen LogP contribution in [-0.4, -0.2) is 8.42 Å². The molecule has 0 fully saturated rings. The first-order chi connectivity index (χ1) is 9.89. The summed E-state index contributed by atoms with van der Waals surface area (Å²) < 4.78 is 40.0. The summed E-state index contributed by atoms with van der Waals surface area (Å²) in [6, 6.07) is 11.2. The van der Waals surface area contributed by atoms with Crippen molar-refractivity contribution in [3.05, 3.63) is 65.0 Å². The minimum Gasteiger partial charge on any atom is -0.326 e. The number of rotatable bonds is 5. The molecule has 0 aromatic heterocycles. The molecule has 0 radical (unpaired) electrons. The number of anilines is 1. The standard InChI is InChI=1S/C15H17FN2O2S/c1-11-2-7-14(16)15(8-11)18-21(19,20)10-13-5-3-12(9-17)4-6-13/h2-8,18H,9-10,17H2,1H3. The van der Waals surface area contributed by atoms with Crippen LogP contribution in [0.2, 0.25) is 0 Å². The lowest BCUT2D eigenvalue weighted by Crippen LogP contribution is -2.16. The molecule has 0 amide bonds. The number of nitrogens with one attached hydrogen (secondary N) is 1. The van der Waals surface area contributed by atoms with Crippen molar-refractivity contribution >= 4 is 15.7 Å². The van der Waals surface area contributed by atoms with Gasteiger partial charge in [-0.2, -0.15) is 0 Å². The predicted molar refractivity (Wildman–Crippen MR) is 81.7 cm³/mol. The van der Waals surface area contributed by atoms with E-state index >= 15 is 0 Å². The number of halogens is 1. The monoisotopic (exact) mass is 308 g/mol. The van der Waals surface area contributed by atoms with E-state index in [-0.39, 0.29) is 11.4 Å². The lowest BCUT2D eigenvalue weighted by molar-refractivity contribution is 0.598. The average Bonchev–Trinajstić information content (AvgIpc) is 2.43. The van der Waals surface area contributed by atoms with E-state index in [9.17, 15) is 12.8 Å². The van der Waals surface area contributed by atoms with Gasteiger partial charge < -0.3 is 5.73 Å². The molecule has 0 aliphatic heterocycles. The van der Waals surface area contributed by atoms with Gasteiger partial charge in [-0.25, -0.2) is 12.8 Å². The average molecular weight is 308 g/mol. The Hall–Kier alpha value is -1.92. The highest BCUT2D eigenvalue weighted by atomic mass is 32.2. The SMILES string of the molecule is Cc1ccc(F)c(NS(=O)(=O)Cc2ccc(CN)cc2)c1. The highest BCUT2D eigenvalue weighted by molar-refractivity contribution is 7.91. The van der Waals surface area contributed by atoms with Gasteiger partial charge in [-0.1, -0.05) is 30.3 Å². The zero-order chi connectivity index (χ0) is 15.5. The number of nitrogens with two attached hydrogens (primary N) is 1. The molecule has 0 heterocycles. The predicted octanol–water partition coefficient (Wildman–Crippen LogP) is 2.53. The number of hydrogen-bond donors (Lipinski definition) is 2. The molecule has 0 bridgehead atoms. The molecule has 6 heteroatoms. The van der Waals surface area contributed by atoms with E-state index < -0.39 is 15.8 Å². The summed E-state index contributed by atoms with van der Waals surface area (Å²) in [5, 5.41) is 0. The van der Waals surface area contributed by atoms with Gasteiger partial charge in [-0.15, -0.1) is 0 Å². The zero-order valence-electron chi connectivity index (χ0n) is 11.6. The van der Waals surface area contributed by atoms with E-state index in [0.29, 0.717) is 12.1 Å². The van der Waals surface area contributed by atoms with Crippen molar-refractivity contribution in [1.29, 1.82) is 0 Å². The summed E-state index contributed by atoms with van der Waals surface area (Å²) in [4.78, 5) is 0. The molecule has 2 rings (SSSR count). The maximum atomic E-state index is 13.6. The number of hydrogen-bond acceptors (Lipinski definition) is 3. The van der Waals surface area contributed by atoms with Crippen molar-refractivity contribution in [2.75, 3.05) is 4.72 Å². The molecular weight excluding hydrogens is 291 g/mol. The van der Waals surface area contributed by atoms with Crippen LogP contribution in [0.15, 0.2) is 42.5 Å². The molecule has 0 spiro atoms. The molecular formula is C15H17FN2O2S. The fourth-order valence-corrected chi connectivity index (χ4v) is 3.11. The van der Waals surface area contributed by atoms with Crippen molar-refractivity contribution in [2.45, 2.75) is 19.2 Å². The van der Waals surface area contributed by atoms with Crippen LogP contribution >= 0.6 is 0 Å². The molecule has 4 nitrogen and oxygen atoms in total. The van der Waals surface area contributed by atoms with Crippen LogP contribution in [0.25, 0.3) is 0 Å². The Kier molecular flexibility index (Phi) is 4.59. The molecule has 0 aliphatic rings. The molecule has 0 aliphatic carbocycles. The van der Waals surface area contributed by atoms with Crippen LogP contribution in [0.4, 0.5) is 10.1 Å². The Balaban J connectivity index is 2.16. The summed E-state index contributed by atoms with van der Waals surface area (Å²) in [6.45, 7) is 2.17. The molecule has 3 N–H and O–H groups in total. The molecule has 2 aromatic carbocycles. The van der Waals surface area contributed by atoms with Gasteiger partial charge in [0.2, 0.25) is 10.0 Å². The number of aryl methyl sites for hydroxylation is 1. The first-order valence-electron chi connectivity index (χ1n) is 6.44. The highest BCUT2D eigenvalue weighted by Gasteiger charge is 2.14. The third-order valence-corrected chi connectivity index (χ3v) is 4.25. The molecule has 0 saturated carbocycles. The Labute approximate surface area is 123 Å². The van der Waals surface area contributed by atoms with Gasteiger partial charge in [0.1, 0.15) is 5.82 Å².